The van der Waals surface area contributed by atoms with Crippen molar-refractivity contribution in [3.05, 3.63) is 47.3 Å². The molecule has 6 nitrogen and oxygen atoms in total. The molecule has 0 radical (unpaired) electrons. The molecule has 166 valence electrons. The zero-order chi connectivity index (χ0) is 21.1. The predicted molar refractivity (Wildman–Crippen MR) is 122 cm³/mol. The number of rotatable bonds is 8. The number of ether oxygens (including phenoxy) is 2. The minimum atomic E-state index is 0.335. The van der Waals surface area contributed by atoms with E-state index < -0.39 is 0 Å². The number of nitrogens with one attached hydrogen (secondary N) is 2. The van der Waals surface area contributed by atoms with Crippen LogP contribution in [0.15, 0.2) is 30.6 Å². The Morgan fingerprint density at radius 1 is 1.13 bits per heavy atom. The summed E-state index contributed by atoms with van der Waals surface area (Å²) in [5.74, 6) is 0.770. The van der Waals surface area contributed by atoms with Crippen molar-refractivity contribution in [3.8, 4) is 0 Å². The van der Waals surface area contributed by atoms with E-state index in [1.807, 2.05) is 6.07 Å². The molecule has 0 spiro atoms. The third kappa shape index (κ3) is 4.09. The maximum atomic E-state index is 5.85. The molecule has 1 aromatic carbocycles. The van der Waals surface area contributed by atoms with Crippen molar-refractivity contribution in [2.45, 2.75) is 56.4 Å². The van der Waals surface area contributed by atoms with Gasteiger partial charge in [0, 0.05) is 24.3 Å². The van der Waals surface area contributed by atoms with E-state index in [2.05, 4.69) is 33.0 Å². The first-order valence-electron chi connectivity index (χ1n) is 11.8. The van der Waals surface area contributed by atoms with Gasteiger partial charge in [0.25, 0.3) is 0 Å². The van der Waals surface area contributed by atoms with Gasteiger partial charge in [-0.1, -0.05) is 12.8 Å². The van der Waals surface area contributed by atoms with Gasteiger partial charge >= 0.3 is 0 Å². The summed E-state index contributed by atoms with van der Waals surface area (Å²) in [6, 6.07) is 7.37. The standard InChI is InChI=1S/C25H34N4O2/c1-30-12-13-31-11-6-18-14-20(29-19-5-9-27-28-17-19)15-23-21(18)16-24-22-4-2-3-7-25(22,23)8-10-26-24/h5,9,14-15,17,22,24,26H,2-4,6-8,10-13,16H2,1H3,(H,27,29). The van der Waals surface area contributed by atoms with E-state index in [9.17, 15) is 0 Å². The monoisotopic (exact) mass is 422 g/mol. The van der Waals surface area contributed by atoms with Gasteiger partial charge < -0.3 is 20.1 Å². The smallest absolute Gasteiger partial charge is 0.0731 e. The molecule has 0 amide bonds. The molecule has 2 N–H and O–H groups in total. The fourth-order valence-electron chi connectivity index (χ4n) is 6.36. The third-order valence-electron chi connectivity index (χ3n) is 7.68. The summed E-state index contributed by atoms with van der Waals surface area (Å²) in [6.07, 6.45) is 12.3. The fraction of sp³-hybridized carbons (Fsp3) is 0.600. The Labute approximate surface area is 185 Å². The number of hydrogen-bond acceptors (Lipinski definition) is 6. The van der Waals surface area contributed by atoms with Gasteiger partial charge in [0.2, 0.25) is 0 Å². The molecule has 31 heavy (non-hydrogen) atoms. The molecule has 2 aliphatic carbocycles. The summed E-state index contributed by atoms with van der Waals surface area (Å²) in [5.41, 5.74) is 7.08. The summed E-state index contributed by atoms with van der Waals surface area (Å²) in [4.78, 5) is 0. The lowest BCUT2D eigenvalue weighted by atomic mass is 9.52. The van der Waals surface area contributed by atoms with Crippen molar-refractivity contribution in [2.24, 2.45) is 5.92 Å². The number of anilines is 2. The summed E-state index contributed by atoms with van der Waals surface area (Å²) >= 11 is 0. The largest absolute Gasteiger partial charge is 0.382 e. The van der Waals surface area contributed by atoms with Crippen molar-refractivity contribution < 1.29 is 9.47 Å². The van der Waals surface area contributed by atoms with Crippen LogP contribution in [0.1, 0.15) is 48.8 Å². The van der Waals surface area contributed by atoms with Crippen molar-refractivity contribution >= 4 is 11.4 Å². The molecule has 2 aromatic rings. The van der Waals surface area contributed by atoms with E-state index >= 15 is 0 Å². The number of methoxy groups -OCH3 is 1. The Bertz CT molecular complexity index is 887. The molecule has 2 heterocycles. The Morgan fingerprint density at radius 3 is 2.97 bits per heavy atom. The van der Waals surface area contributed by atoms with Crippen LogP contribution in [0.5, 0.6) is 0 Å². The number of hydrogen-bond donors (Lipinski definition) is 2. The van der Waals surface area contributed by atoms with Crippen LogP contribution in [-0.2, 0) is 27.7 Å². The minimum absolute atomic E-state index is 0.335. The SMILES string of the molecule is COCCOCCc1cc(Nc2ccnnc2)cc2c1CC1NCCC23CCCCC13. The van der Waals surface area contributed by atoms with Crippen LogP contribution in [0, 0.1) is 5.92 Å². The second kappa shape index (κ2) is 9.23. The quantitative estimate of drug-likeness (QED) is 0.631. The zero-order valence-corrected chi connectivity index (χ0v) is 18.5. The number of aromatic nitrogens is 2. The highest BCUT2D eigenvalue weighted by molar-refractivity contribution is 5.64. The van der Waals surface area contributed by atoms with Gasteiger partial charge in [0.15, 0.2) is 0 Å². The van der Waals surface area contributed by atoms with Crippen molar-refractivity contribution in [3.63, 3.8) is 0 Å². The van der Waals surface area contributed by atoms with Crippen LogP contribution in [0.4, 0.5) is 11.4 Å². The lowest BCUT2D eigenvalue weighted by Gasteiger charge is -2.56. The predicted octanol–water partition coefficient (Wildman–Crippen LogP) is 3.77. The molecule has 1 saturated carbocycles. The second-order valence-corrected chi connectivity index (χ2v) is 9.30. The first-order valence-corrected chi connectivity index (χ1v) is 11.8. The van der Waals surface area contributed by atoms with Crippen LogP contribution in [0.2, 0.25) is 0 Å². The van der Waals surface area contributed by atoms with Crippen LogP contribution in [0.25, 0.3) is 0 Å². The molecular weight excluding hydrogens is 388 g/mol. The number of benzene rings is 1. The molecule has 6 heteroatoms. The van der Waals surface area contributed by atoms with Gasteiger partial charge in [-0.25, -0.2) is 0 Å². The highest BCUT2D eigenvalue weighted by atomic mass is 16.5. The number of nitrogens with zero attached hydrogens (tertiary/aromatic N) is 2. The Morgan fingerprint density at radius 2 is 2.10 bits per heavy atom. The Kier molecular flexibility index (Phi) is 6.21. The lowest BCUT2D eigenvalue weighted by Crippen LogP contribution is -2.59. The Hall–Kier alpha value is -2.02. The molecule has 3 atom stereocenters. The van der Waals surface area contributed by atoms with Crippen LogP contribution < -0.4 is 10.6 Å². The summed E-state index contributed by atoms with van der Waals surface area (Å²) in [6.45, 7) is 3.16. The summed E-state index contributed by atoms with van der Waals surface area (Å²) in [7, 11) is 1.72. The average Bonchev–Trinajstić information content (AvgIpc) is 2.80. The number of fused-ring (bicyclic) bond motifs is 1. The Balaban J connectivity index is 1.51. The van der Waals surface area contributed by atoms with Gasteiger partial charge in [-0.3, -0.25) is 0 Å². The van der Waals surface area contributed by atoms with Crippen molar-refractivity contribution in [2.75, 3.05) is 38.8 Å². The molecule has 1 aliphatic heterocycles. The van der Waals surface area contributed by atoms with E-state index in [1.165, 1.54) is 37.7 Å². The fourth-order valence-corrected chi connectivity index (χ4v) is 6.36. The second-order valence-electron chi connectivity index (χ2n) is 9.30. The average molecular weight is 423 g/mol. The normalized spacial score (nSPS) is 26.7. The molecular formula is C25H34N4O2. The van der Waals surface area contributed by atoms with Gasteiger partial charge in [0.05, 0.1) is 37.9 Å². The van der Waals surface area contributed by atoms with Crippen molar-refractivity contribution in [1.82, 2.24) is 15.5 Å². The molecule has 1 saturated heterocycles. The first kappa shape index (κ1) is 20.9. The maximum absolute atomic E-state index is 5.85. The molecule has 2 fully saturated rings. The molecule has 1 aromatic heterocycles. The van der Waals surface area contributed by atoms with Gasteiger partial charge in [-0.05, 0) is 79.5 Å². The number of piperidine rings is 1. The highest BCUT2D eigenvalue weighted by Crippen LogP contribution is 2.55. The maximum Gasteiger partial charge on any atom is 0.0731 e. The summed E-state index contributed by atoms with van der Waals surface area (Å²) in [5, 5.41) is 15.4. The topological polar surface area (TPSA) is 68.3 Å². The summed E-state index contributed by atoms with van der Waals surface area (Å²) < 4.78 is 11.0. The van der Waals surface area contributed by atoms with E-state index in [0.717, 1.165) is 43.3 Å². The zero-order valence-electron chi connectivity index (χ0n) is 18.5. The lowest BCUT2D eigenvalue weighted by molar-refractivity contribution is 0.0708. The first-order chi connectivity index (χ1) is 15.3. The van der Waals surface area contributed by atoms with Crippen LogP contribution in [-0.4, -0.2) is 49.7 Å². The van der Waals surface area contributed by atoms with E-state index in [0.29, 0.717) is 24.7 Å². The van der Waals surface area contributed by atoms with Crippen molar-refractivity contribution in [1.29, 1.82) is 0 Å². The molecule has 3 unspecified atom stereocenters. The van der Waals surface area contributed by atoms with E-state index in [1.54, 1.807) is 30.6 Å². The third-order valence-corrected chi connectivity index (χ3v) is 7.68. The molecule has 5 rings (SSSR count). The van der Waals surface area contributed by atoms with E-state index in [4.69, 9.17) is 9.47 Å². The highest BCUT2D eigenvalue weighted by Gasteiger charge is 2.51. The van der Waals surface area contributed by atoms with Gasteiger partial charge in [-0.2, -0.15) is 10.2 Å². The molecule has 3 aliphatic rings. The van der Waals surface area contributed by atoms with E-state index in [-0.39, 0.29) is 0 Å². The van der Waals surface area contributed by atoms with Crippen LogP contribution >= 0.6 is 0 Å². The minimum Gasteiger partial charge on any atom is -0.382 e. The van der Waals surface area contributed by atoms with Gasteiger partial charge in [-0.15, -0.1) is 0 Å². The van der Waals surface area contributed by atoms with Crippen LogP contribution in [0.3, 0.4) is 0 Å². The molecule has 2 bridgehead atoms. The van der Waals surface area contributed by atoms with Gasteiger partial charge in [0.1, 0.15) is 0 Å².